The molecule has 6 nitrogen and oxygen atoms in total. The summed E-state index contributed by atoms with van der Waals surface area (Å²) in [6.07, 6.45) is 0.494. The molecule has 0 saturated heterocycles. The summed E-state index contributed by atoms with van der Waals surface area (Å²) in [5, 5.41) is 26.8. The summed E-state index contributed by atoms with van der Waals surface area (Å²) >= 11 is 0. The van der Waals surface area contributed by atoms with Crippen LogP contribution in [0, 0.1) is 0 Å². The second kappa shape index (κ2) is 6.59. The van der Waals surface area contributed by atoms with Crippen LogP contribution in [-0.2, 0) is 14.3 Å². The van der Waals surface area contributed by atoms with E-state index in [1.165, 1.54) is 21.0 Å². The molecule has 0 spiro atoms. The maximum Gasteiger partial charge on any atom is 0.342 e. The van der Waals surface area contributed by atoms with E-state index in [0.29, 0.717) is 13.0 Å². The fourth-order valence-corrected chi connectivity index (χ4v) is 1.12. The van der Waals surface area contributed by atoms with E-state index in [1.807, 2.05) is 0 Å². The average molecular weight is 234 g/mol. The first-order valence-corrected chi connectivity index (χ1v) is 4.81. The van der Waals surface area contributed by atoms with Crippen LogP contribution in [0.3, 0.4) is 0 Å². The highest BCUT2D eigenvalue weighted by Gasteiger charge is 2.33. The molecule has 0 aliphatic carbocycles. The van der Waals surface area contributed by atoms with Gasteiger partial charge in [-0.2, -0.15) is 0 Å². The summed E-state index contributed by atoms with van der Waals surface area (Å²) in [4.78, 5) is 11.4. The highest BCUT2D eigenvalue weighted by molar-refractivity contribution is 5.90. The van der Waals surface area contributed by atoms with Crippen molar-refractivity contribution in [2.24, 2.45) is 0 Å². The fourth-order valence-electron chi connectivity index (χ4n) is 1.12. The number of rotatable bonds is 6. The molecule has 0 fully saturated rings. The normalized spacial score (nSPS) is 11.1. The summed E-state index contributed by atoms with van der Waals surface area (Å²) in [5.74, 6) is -4.12. The van der Waals surface area contributed by atoms with E-state index < -0.39 is 17.5 Å². The molecule has 0 aliphatic heterocycles. The van der Waals surface area contributed by atoms with Crippen molar-refractivity contribution in [1.29, 1.82) is 0 Å². The zero-order chi connectivity index (χ0) is 12.8. The lowest BCUT2D eigenvalue weighted by molar-refractivity contribution is -0.282. The maximum atomic E-state index is 11.4. The van der Waals surface area contributed by atoms with Gasteiger partial charge in [-0.15, -0.1) is 0 Å². The molecule has 3 N–H and O–H groups in total. The largest absolute Gasteiger partial charge is 0.462 e. The van der Waals surface area contributed by atoms with E-state index in [1.54, 1.807) is 0 Å². The number of methoxy groups -OCH3 is 1. The monoisotopic (exact) mass is 234 g/mol. The van der Waals surface area contributed by atoms with Gasteiger partial charge in [0.1, 0.15) is 5.57 Å². The second-order valence-corrected chi connectivity index (χ2v) is 3.49. The Bertz CT molecular complexity index is 259. The van der Waals surface area contributed by atoms with Crippen LogP contribution in [0.5, 0.6) is 0 Å². The number of esters is 1. The Balaban J connectivity index is 4.40. The Hall–Kier alpha value is -0.950. The second-order valence-electron chi connectivity index (χ2n) is 3.49. The van der Waals surface area contributed by atoms with Gasteiger partial charge in [0.05, 0.1) is 6.61 Å². The van der Waals surface area contributed by atoms with Crippen LogP contribution in [-0.4, -0.2) is 47.6 Å². The van der Waals surface area contributed by atoms with E-state index in [4.69, 9.17) is 24.8 Å². The highest BCUT2D eigenvalue weighted by atomic mass is 16.7. The third-order valence-electron chi connectivity index (χ3n) is 1.77. The molecule has 0 heterocycles. The van der Waals surface area contributed by atoms with E-state index in [2.05, 4.69) is 0 Å². The van der Waals surface area contributed by atoms with Crippen LogP contribution < -0.4 is 0 Å². The molecule has 0 bridgehead atoms. The summed E-state index contributed by atoms with van der Waals surface area (Å²) in [6, 6.07) is 0. The molecule has 0 unspecified atom stereocenters. The number of carbonyl (C=O) groups is 1. The van der Waals surface area contributed by atoms with Crippen LogP contribution in [0.2, 0.25) is 0 Å². The van der Waals surface area contributed by atoms with Gasteiger partial charge in [-0.05, 0) is 13.8 Å². The molecule has 94 valence electrons. The van der Waals surface area contributed by atoms with Gasteiger partial charge in [-0.3, -0.25) is 0 Å². The van der Waals surface area contributed by atoms with Crippen LogP contribution in [0.15, 0.2) is 11.1 Å². The molecule has 0 aliphatic rings. The van der Waals surface area contributed by atoms with Gasteiger partial charge in [0.2, 0.25) is 0 Å². The molecule has 0 saturated carbocycles. The summed E-state index contributed by atoms with van der Waals surface area (Å²) in [5.41, 5.74) is -0.297. The van der Waals surface area contributed by atoms with Crippen molar-refractivity contribution in [3.05, 3.63) is 11.1 Å². The van der Waals surface area contributed by atoms with Crippen molar-refractivity contribution in [3.8, 4) is 0 Å². The highest BCUT2D eigenvalue weighted by Crippen LogP contribution is 2.16. The standard InChI is InChI=1S/C10H18O6/c1-7(2)8(10(12,13)14)9(11)16-6-4-5-15-3/h12-14H,4-6H2,1-3H3. The molecule has 6 heteroatoms. The van der Waals surface area contributed by atoms with Crippen LogP contribution in [0.25, 0.3) is 0 Å². The Morgan fingerprint density at radius 1 is 1.19 bits per heavy atom. The van der Waals surface area contributed by atoms with Crippen LogP contribution in [0.1, 0.15) is 20.3 Å². The van der Waals surface area contributed by atoms with E-state index in [0.717, 1.165) is 0 Å². The minimum atomic E-state index is -3.17. The van der Waals surface area contributed by atoms with Gasteiger partial charge in [0.15, 0.2) is 0 Å². The quantitative estimate of drug-likeness (QED) is 0.249. The molecule has 0 atom stereocenters. The maximum absolute atomic E-state index is 11.4. The number of hydrogen-bond donors (Lipinski definition) is 3. The molecule has 0 aromatic carbocycles. The van der Waals surface area contributed by atoms with Gasteiger partial charge in [0, 0.05) is 20.1 Å². The van der Waals surface area contributed by atoms with Crippen LogP contribution >= 0.6 is 0 Å². The van der Waals surface area contributed by atoms with Gasteiger partial charge in [-0.25, -0.2) is 4.79 Å². The molecule has 0 amide bonds. The van der Waals surface area contributed by atoms with Gasteiger partial charge >= 0.3 is 11.9 Å². The zero-order valence-electron chi connectivity index (χ0n) is 9.69. The summed E-state index contributed by atoms with van der Waals surface area (Å²) in [7, 11) is 1.52. The fraction of sp³-hybridized carbons (Fsp3) is 0.700. The minimum Gasteiger partial charge on any atom is -0.462 e. The van der Waals surface area contributed by atoms with E-state index in [-0.39, 0.29) is 12.2 Å². The van der Waals surface area contributed by atoms with E-state index >= 15 is 0 Å². The van der Waals surface area contributed by atoms with Crippen molar-refractivity contribution in [1.82, 2.24) is 0 Å². The smallest absolute Gasteiger partial charge is 0.342 e. The molecule has 0 rings (SSSR count). The molecule has 16 heavy (non-hydrogen) atoms. The molecular formula is C10H18O6. The number of carbonyl (C=O) groups excluding carboxylic acids is 1. The summed E-state index contributed by atoms with van der Waals surface area (Å²) in [6.45, 7) is 3.44. The van der Waals surface area contributed by atoms with Crippen molar-refractivity contribution < 1.29 is 29.6 Å². The topological polar surface area (TPSA) is 96.2 Å². The number of allylic oxidation sites excluding steroid dienone is 1. The van der Waals surface area contributed by atoms with Crippen molar-refractivity contribution >= 4 is 5.97 Å². The molecule has 0 aromatic heterocycles. The first-order chi connectivity index (χ1) is 7.30. The SMILES string of the molecule is COCCCOC(=O)C(=C(C)C)C(O)(O)O. The first kappa shape index (κ1) is 15.0. The Labute approximate surface area is 94.1 Å². The first-order valence-electron chi connectivity index (χ1n) is 4.81. The lowest BCUT2D eigenvalue weighted by atomic mass is 10.1. The molecule has 0 aromatic rings. The lowest BCUT2D eigenvalue weighted by Gasteiger charge is -2.18. The van der Waals surface area contributed by atoms with Crippen molar-refractivity contribution in [3.63, 3.8) is 0 Å². The third-order valence-corrected chi connectivity index (χ3v) is 1.77. The van der Waals surface area contributed by atoms with Crippen molar-refractivity contribution in [2.45, 2.75) is 26.2 Å². The lowest BCUT2D eigenvalue weighted by Crippen LogP contribution is -2.36. The number of ether oxygens (including phenoxy) is 2. The summed E-state index contributed by atoms with van der Waals surface area (Å²) < 4.78 is 9.48. The van der Waals surface area contributed by atoms with Gasteiger partial charge in [-0.1, -0.05) is 5.57 Å². The Morgan fingerprint density at radius 2 is 1.75 bits per heavy atom. The van der Waals surface area contributed by atoms with Gasteiger partial charge < -0.3 is 24.8 Å². The van der Waals surface area contributed by atoms with Crippen LogP contribution in [0.4, 0.5) is 0 Å². The minimum absolute atomic E-state index is 0.0829. The Kier molecular flexibility index (Phi) is 6.20. The molecule has 0 radical (unpaired) electrons. The number of hydrogen-bond acceptors (Lipinski definition) is 6. The predicted octanol–water partition coefficient (Wildman–Crippen LogP) is -0.467. The number of aliphatic hydroxyl groups is 3. The molecular weight excluding hydrogens is 216 g/mol. The van der Waals surface area contributed by atoms with Gasteiger partial charge in [0.25, 0.3) is 0 Å². The predicted molar refractivity (Wildman–Crippen MR) is 55.2 cm³/mol. The average Bonchev–Trinajstić information content (AvgIpc) is 2.09. The van der Waals surface area contributed by atoms with Crippen molar-refractivity contribution in [2.75, 3.05) is 20.3 Å². The third kappa shape index (κ3) is 5.22. The van der Waals surface area contributed by atoms with E-state index in [9.17, 15) is 4.79 Å². The zero-order valence-corrected chi connectivity index (χ0v) is 9.69. The Morgan fingerprint density at radius 3 is 2.12 bits per heavy atom.